The summed E-state index contributed by atoms with van der Waals surface area (Å²) in [5, 5.41) is 0.287. The van der Waals surface area contributed by atoms with Crippen LogP contribution in [0.25, 0.3) is 0 Å². The van der Waals surface area contributed by atoms with Crippen LogP contribution in [0.2, 0.25) is 5.02 Å². The monoisotopic (exact) mass is 286 g/mol. The van der Waals surface area contributed by atoms with Crippen LogP contribution in [0.5, 0.6) is 0 Å². The second kappa shape index (κ2) is 7.89. The van der Waals surface area contributed by atoms with E-state index in [-0.39, 0.29) is 23.4 Å². The van der Waals surface area contributed by atoms with Crippen LogP contribution in [0, 0.1) is 5.82 Å². The highest BCUT2D eigenvalue weighted by atomic mass is 35.5. The second-order valence-electron chi connectivity index (χ2n) is 4.12. The maximum absolute atomic E-state index is 13.4. The number of unbranched alkanes of at least 4 members (excludes halogenated alkanes) is 1. The van der Waals surface area contributed by atoms with Gasteiger partial charge in [0.2, 0.25) is 0 Å². The zero-order valence-electron chi connectivity index (χ0n) is 10.7. The number of hydrogen-bond donors (Lipinski definition) is 0. The van der Waals surface area contributed by atoms with E-state index in [0.717, 1.165) is 18.9 Å². The zero-order valence-corrected chi connectivity index (χ0v) is 11.5. The molecular weight excluding hydrogens is 271 g/mol. The lowest BCUT2D eigenvalue weighted by atomic mass is 10.1. The number of Topliss-reactive ketones (excluding diaryl/α,β-unsaturated/α-hetero) is 1. The second-order valence-corrected chi connectivity index (χ2v) is 4.56. The van der Waals surface area contributed by atoms with Crippen molar-refractivity contribution in [2.75, 3.05) is 6.61 Å². The van der Waals surface area contributed by atoms with E-state index in [4.69, 9.17) is 16.3 Å². The normalized spacial score (nSPS) is 10.3. The Bertz CT molecular complexity index is 460. The van der Waals surface area contributed by atoms with Crippen LogP contribution in [0.3, 0.4) is 0 Å². The van der Waals surface area contributed by atoms with Crippen LogP contribution >= 0.6 is 11.6 Å². The quantitative estimate of drug-likeness (QED) is 0.435. The number of carbonyl (C=O) groups excluding carboxylic acids is 2. The highest BCUT2D eigenvalue weighted by Crippen LogP contribution is 2.17. The van der Waals surface area contributed by atoms with Gasteiger partial charge in [-0.05, 0) is 24.6 Å². The number of ketones is 1. The first-order valence-corrected chi connectivity index (χ1v) is 6.56. The van der Waals surface area contributed by atoms with E-state index in [2.05, 4.69) is 0 Å². The van der Waals surface area contributed by atoms with Gasteiger partial charge in [0.25, 0.3) is 0 Å². The van der Waals surface area contributed by atoms with Gasteiger partial charge in [0.05, 0.1) is 18.6 Å². The molecule has 0 saturated carbocycles. The largest absolute Gasteiger partial charge is 0.466 e. The number of rotatable bonds is 7. The van der Waals surface area contributed by atoms with Gasteiger partial charge in [-0.2, -0.15) is 0 Å². The molecule has 0 amide bonds. The van der Waals surface area contributed by atoms with Gasteiger partial charge < -0.3 is 4.74 Å². The standard InChI is InChI=1S/C14H16ClFO3/c1-2-3-8-19-14(18)7-6-13(17)11-9-10(15)4-5-12(11)16/h4-5,9H,2-3,6-8H2,1H3. The van der Waals surface area contributed by atoms with E-state index in [9.17, 15) is 14.0 Å². The van der Waals surface area contributed by atoms with E-state index in [1.54, 1.807) is 0 Å². The molecule has 5 heteroatoms. The molecule has 0 aliphatic heterocycles. The van der Waals surface area contributed by atoms with Crippen molar-refractivity contribution in [3.8, 4) is 0 Å². The molecule has 0 N–H and O–H groups in total. The number of ether oxygens (including phenoxy) is 1. The van der Waals surface area contributed by atoms with Crippen molar-refractivity contribution in [1.29, 1.82) is 0 Å². The first-order chi connectivity index (χ1) is 9.04. The third-order valence-corrected chi connectivity index (χ3v) is 2.78. The summed E-state index contributed by atoms with van der Waals surface area (Å²) in [7, 11) is 0. The van der Waals surface area contributed by atoms with E-state index in [1.165, 1.54) is 12.1 Å². The summed E-state index contributed by atoms with van der Waals surface area (Å²) < 4.78 is 18.3. The van der Waals surface area contributed by atoms with Crippen LogP contribution in [0.1, 0.15) is 43.0 Å². The first kappa shape index (κ1) is 15.6. The Balaban J connectivity index is 2.47. The Labute approximate surface area is 116 Å². The molecule has 1 rings (SSSR count). The lowest BCUT2D eigenvalue weighted by Crippen LogP contribution is -2.10. The van der Waals surface area contributed by atoms with E-state index in [1.807, 2.05) is 6.92 Å². The van der Waals surface area contributed by atoms with Crippen LogP contribution in [0.4, 0.5) is 4.39 Å². The SMILES string of the molecule is CCCCOC(=O)CCC(=O)c1cc(Cl)ccc1F. The van der Waals surface area contributed by atoms with Crippen LogP contribution in [0.15, 0.2) is 18.2 Å². The molecule has 0 bridgehead atoms. The molecule has 0 heterocycles. The molecule has 104 valence electrons. The first-order valence-electron chi connectivity index (χ1n) is 6.18. The van der Waals surface area contributed by atoms with Crippen molar-refractivity contribution in [3.63, 3.8) is 0 Å². The number of esters is 1. The number of hydrogen-bond acceptors (Lipinski definition) is 3. The molecule has 0 aliphatic rings. The zero-order chi connectivity index (χ0) is 14.3. The van der Waals surface area contributed by atoms with Gasteiger partial charge in [-0.25, -0.2) is 4.39 Å². The number of halogens is 2. The van der Waals surface area contributed by atoms with Crippen molar-refractivity contribution in [3.05, 3.63) is 34.6 Å². The molecule has 1 aromatic carbocycles. The molecule has 0 spiro atoms. The van der Waals surface area contributed by atoms with Gasteiger partial charge in [0, 0.05) is 11.4 Å². The topological polar surface area (TPSA) is 43.4 Å². The Morgan fingerprint density at radius 3 is 2.74 bits per heavy atom. The van der Waals surface area contributed by atoms with Crippen LogP contribution < -0.4 is 0 Å². The Morgan fingerprint density at radius 2 is 2.05 bits per heavy atom. The Hall–Kier alpha value is -1.42. The fourth-order valence-electron chi connectivity index (χ4n) is 1.46. The van der Waals surface area contributed by atoms with E-state index >= 15 is 0 Å². The molecule has 0 unspecified atom stereocenters. The third-order valence-electron chi connectivity index (χ3n) is 2.55. The summed E-state index contributed by atoms with van der Waals surface area (Å²) in [6.45, 7) is 2.34. The average molecular weight is 287 g/mol. The Morgan fingerprint density at radius 1 is 1.32 bits per heavy atom. The fraction of sp³-hybridized carbons (Fsp3) is 0.429. The molecule has 0 fully saturated rings. The summed E-state index contributed by atoms with van der Waals surface area (Å²) in [5.41, 5.74) is -0.0890. The Kier molecular flexibility index (Phi) is 6.50. The van der Waals surface area contributed by atoms with Crippen molar-refractivity contribution >= 4 is 23.4 Å². The third kappa shape index (κ3) is 5.39. The van der Waals surface area contributed by atoms with Gasteiger partial charge in [-0.3, -0.25) is 9.59 Å². The van der Waals surface area contributed by atoms with Gasteiger partial charge in [-0.1, -0.05) is 24.9 Å². The van der Waals surface area contributed by atoms with Crippen molar-refractivity contribution in [2.24, 2.45) is 0 Å². The average Bonchev–Trinajstić information content (AvgIpc) is 2.39. The smallest absolute Gasteiger partial charge is 0.306 e. The van der Waals surface area contributed by atoms with Crippen molar-refractivity contribution in [2.45, 2.75) is 32.6 Å². The minimum absolute atomic E-state index is 0.0471. The lowest BCUT2D eigenvalue weighted by molar-refractivity contribution is -0.143. The molecule has 3 nitrogen and oxygen atoms in total. The predicted molar refractivity (Wildman–Crippen MR) is 70.8 cm³/mol. The summed E-state index contributed by atoms with van der Waals surface area (Å²) in [6.07, 6.45) is 1.60. The highest BCUT2D eigenvalue weighted by Gasteiger charge is 2.14. The molecule has 19 heavy (non-hydrogen) atoms. The summed E-state index contributed by atoms with van der Waals surface area (Å²) in [5.74, 6) is -1.52. The van der Waals surface area contributed by atoms with E-state index < -0.39 is 17.6 Å². The maximum atomic E-state index is 13.4. The fourth-order valence-corrected chi connectivity index (χ4v) is 1.64. The minimum atomic E-state index is -0.631. The molecule has 0 aliphatic carbocycles. The summed E-state index contributed by atoms with van der Waals surface area (Å²) in [6, 6.07) is 3.77. The number of carbonyl (C=O) groups is 2. The summed E-state index contributed by atoms with van der Waals surface area (Å²) >= 11 is 5.70. The van der Waals surface area contributed by atoms with Crippen LogP contribution in [-0.4, -0.2) is 18.4 Å². The van der Waals surface area contributed by atoms with Crippen LogP contribution in [-0.2, 0) is 9.53 Å². The van der Waals surface area contributed by atoms with Crippen molar-refractivity contribution < 1.29 is 18.7 Å². The molecule has 0 saturated heterocycles. The van der Waals surface area contributed by atoms with Gasteiger partial charge in [-0.15, -0.1) is 0 Å². The van der Waals surface area contributed by atoms with Gasteiger partial charge in [0.15, 0.2) is 5.78 Å². The molecule has 0 aromatic heterocycles. The molecule has 1 aromatic rings. The van der Waals surface area contributed by atoms with Gasteiger partial charge >= 0.3 is 5.97 Å². The summed E-state index contributed by atoms with van der Waals surface area (Å²) in [4.78, 5) is 23.1. The number of benzene rings is 1. The lowest BCUT2D eigenvalue weighted by Gasteiger charge is -2.04. The van der Waals surface area contributed by atoms with Crippen molar-refractivity contribution in [1.82, 2.24) is 0 Å². The highest BCUT2D eigenvalue weighted by molar-refractivity contribution is 6.31. The van der Waals surface area contributed by atoms with Gasteiger partial charge in [0.1, 0.15) is 5.82 Å². The maximum Gasteiger partial charge on any atom is 0.306 e. The molecular formula is C14H16ClFO3. The molecule has 0 radical (unpaired) electrons. The molecule has 0 atom stereocenters. The predicted octanol–water partition coefficient (Wildman–Crippen LogP) is 3.79. The minimum Gasteiger partial charge on any atom is -0.466 e. The van der Waals surface area contributed by atoms with E-state index in [0.29, 0.717) is 6.61 Å².